The Hall–Kier alpha value is -4.14. The topological polar surface area (TPSA) is 108 Å². The standard InChI is InChI=1S/C26H28N6O3/c1-2-22(33)30-14-12-18(13-15-30)16-31-25-23(24(27)28-17-29-25)32(26(31)34)19-8-10-21(11-9-19)35-20-6-4-3-5-7-20/h3-11,17-18H,2,12-16H2,1H3,(H2,27,28,29). The van der Waals surface area contributed by atoms with Crippen molar-refractivity contribution in [2.24, 2.45) is 5.92 Å². The van der Waals surface area contributed by atoms with Crippen molar-refractivity contribution in [1.29, 1.82) is 0 Å². The van der Waals surface area contributed by atoms with Gasteiger partial charge in [0.1, 0.15) is 23.3 Å². The van der Waals surface area contributed by atoms with E-state index in [1.807, 2.05) is 66.4 Å². The van der Waals surface area contributed by atoms with Crippen LogP contribution in [0.4, 0.5) is 5.82 Å². The zero-order valence-corrected chi connectivity index (χ0v) is 19.6. The molecule has 35 heavy (non-hydrogen) atoms. The van der Waals surface area contributed by atoms with Crippen LogP contribution < -0.4 is 16.2 Å². The lowest BCUT2D eigenvalue weighted by Gasteiger charge is -2.31. The molecule has 2 aromatic carbocycles. The summed E-state index contributed by atoms with van der Waals surface area (Å²) in [5.41, 5.74) is 7.67. The molecule has 0 bridgehead atoms. The first-order valence-corrected chi connectivity index (χ1v) is 11.9. The zero-order chi connectivity index (χ0) is 24.4. The molecule has 9 heteroatoms. The molecule has 0 saturated carbocycles. The van der Waals surface area contributed by atoms with Gasteiger partial charge >= 0.3 is 5.69 Å². The van der Waals surface area contributed by atoms with Crippen LogP contribution >= 0.6 is 0 Å². The Balaban J connectivity index is 1.44. The Labute approximate surface area is 202 Å². The number of imidazole rings is 1. The summed E-state index contributed by atoms with van der Waals surface area (Å²) in [5, 5.41) is 0. The van der Waals surface area contributed by atoms with E-state index in [4.69, 9.17) is 10.5 Å². The van der Waals surface area contributed by atoms with E-state index in [0.717, 1.165) is 18.6 Å². The van der Waals surface area contributed by atoms with Crippen molar-refractivity contribution in [3.05, 3.63) is 71.4 Å². The van der Waals surface area contributed by atoms with Crippen molar-refractivity contribution in [2.45, 2.75) is 32.7 Å². The van der Waals surface area contributed by atoms with Crippen LogP contribution in [-0.2, 0) is 11.3 Å². The van der Waals surface area contributed by atoms with Crippen LogP contribution in [0.15, 0.2) is 65.7 Å². The van der Waals surface area contributed by atoms with Crippen LogP contribution in [0.1, 0.15) is 26.2 Å². The number of aromatic nitrogens is 4. The molecule has 9 nitrogen and oxygen atoms in total. The number of nitrogens with zero attached hydrogens (tertiary/aromatic N) is 5. The molecular weight excluding hydrogens is 444 g/mol. The summed E-state index contributed by atoms with van der Waals surface area (Å²) in [6.07, 6.45) is 3.59. The Morgan fingerprint density at radius 3 is 2.40 bits per heavy atom. The molecule has 1 aliphatic rings. The van der Waals surface area contributed by atoms with Gasteiger partial charge in [0.05, 0.1) is 5.69 Å². The van der Waals surface area contributed by atoms with Gasteiger partial charge in [0.2, 0.25) is 5.91 Å². The Morgan fingerprint density at radius 2 is 1.71 bits per heavy atom. The summed E-state index contributed by atoms with van der Waals surface area (Å²) < 4.78 is 9.13. The molecule has 0 spiro atoms. The number of nitrogen functional groups attached to an aromatic ring is 1. The third-order valence-corrected chi connectivity index (χ3v) is 6.52. The highest BCUT2D eigenvalue weighted by Gasteiger charge is 2.25. The highest BCUT2D eigenvalue weighted by atomic mass is 16.5. The highest BCUT2D eigenvalue weighted by Crippen LogP contribution is 2.26. The number of benzene rings is 2. The van der Waals surface area contributed by atoms with Crippen molar-refractivity contribution < 1.29 is 9.53 Å². The number of hydrogen-bond donors (Lipinski definition) is 1. The first kappa shape index (κ1) is 22.6. The van der Waals surface area contributed by atoms with E-state index < -0.39 is 0 Å². The van der Waals surface area contributed by atoms with Crippen LogP contribution in [0.2, 0.25) is 0 Å². The molecule has 2 N–H and O–H groups in total. The minimum Gasteiger partial charge on any atom is -0.457 e. The quantitative estimate of drug-likeness (QED) is 0.459. The van der Waals surface area contributed by atoms with E-state index in [2.05, 4.69) is 9.97 Å². The number of piperidine rings is 1. The van der Waals surface area contributed by atoms with Gasteiger partial charge in [-0.1, -0.05) is 25.1 Å². The number of hydrogen-bond acceptors (Lipinski definition) is 6. The molecule has 1 saturated heterocycles. The first-order chi connectivity index (χ1) is 17.0. The van der Waals surface area contributed by atoms with E-state index >= 15 is 0 Å². The first-order valence-electron chi connectivity index (χ1n) is 11.9. The van der Waals surface area contributed by atoms with Crippen molar-refractivity contribution in [2.75, 3.05) is 18.8 Å². The molecule has 0 unspecified atom stereocenters. The fourth-order valence-corrected chi connectivity index (χ4v) is 4.64. The second kappa shape index (κ2) is 9.61. The number of nitrogens with two attached hydrogens (primary N) is 1. The molecule has 2 aromatic heterocycles. The summed E-state index contributed by atoms with van der Waals surface area (Å²) >= 11 is 0. The number of para-hydroxylation sites is 1. The van der Waals surface area contributed by atoms with Gasteiger partial charge in [0, 0.05) is 26.1 Å². The minimum atomic E-state index is -0.212. The number of carbonyl (C=O) groups excluding carboxylic acids is 1. The molecule has 0 aliphatic carbocycles. The maximum absolute atomic E-state index is 13.6. The van der Waals surface area contributed by atoms with Crippen LogP contribution in [0.3, 0.4) is 0 Å². The number of anilines is 1. The molecule has 5 rings (SSSR count). The summed E-state index contributed by atoms with van der Waals surface area (Å²) in [7, 11) is 0. The van der Waals surface area contributed by atoms with E-state index in [1.54, 1.807) is 9.13 Å². The largest absolute Gasteiger partial charge is 0.457 e. The van der Waals surface area contributed by atoms with Crippen molar-refractivity contribution in [3.63, 3.8) is 0 Å². The zero-order valence-electron chi connectivity index (χ0n) is 19.6. The number of rotatable bonds is 6. The molecule has 1 amide bonds. The van der Waals surface area contributed by atoms with E-state index in [9.17, 15) is 9.59 Å². The summed E-state index contributed by atoms with van der Waals surface area (Å²) in [4.78, 5) is 36.1. The number of ether oxygens (including phenoxy) is 1. The molecule has 0 atom stereocenters. The van der Waals surface area contributed by atoms with E-state index in [-0.39, 0.29) is 23.3 Å². The normalized spacial score (nSPS) is 14.4. The molecule has 3 heterocycles. The fourth-order valence-electron chi connectivity index (χ4n) is 4.64. The minimum absolute atomic E-state index is 0.178. The monoisotopic (exact) mass is 472 g/mol. The maximum Gasteiger partial charge on any atom is 0.335 e. The Bertz CT molecular complexity index is 1390. The van der Waals surface area contributed by atoms with Gasteiger partial charge in [0.25, 0.3) is 0 Å². The summed E-state index contributed by atoms with van der Waals surface area (Å²) in [6.45, 7) is 3.82. The van der Waals surface area contributed by atoms with Crippen molar-refractivity contribution >= 4 is 22.9 Å². The van der Waals surface area contributed by atoms with E-state index in [1.165, 1.54) is 6.33 Å². The van der Waals surface area contributed by atoms with Gasteiger partial charge in [-0.2, -0.15) is 0 Å². The summed E-state index contributed by atoms with van der Waals surface area (Å²) in [5.74, 6) is 2.09. The summed E-state index contributed by atoms with van der Waals surface area (Å²) in [6, 6.07) is 16.8. The van der Waals surface area contributed by atoms with Gasteiger partial charge in [-0.3, -0.25) is 13.9 Å². The van der Waals surface area contributed by atoms with Crippen LogP contribution in [0.25, 0.3) is 16.9 Å². The molecule has 0 radical (unpaired) electrons. The Kier molecular flexibility index (Phi) is 6.22. The number of carbonyl (C=O) groups is 1. The van der Waals surface area contributed by atoms with Gasteiger partial charge in [0.15, 0.2) is 11.5 Å². The maximum atomic E-state index is 13.6. The van der Waals surface area contributed by atoms with Gasteiger partial charge in [-0.05, 0) is 55.2 Å². The number of likely N-dealkylation sites (tertiary alicyclic amines) is 1. The number of fused-ring (bicyclic) bond motifs is 1. The second-order valence-electron chi connectivity index (χ2n) is 8.75. The van der Waals surface area contributed by atoms with Crippen molar-refractivity contribution in [1.82, 2.24) is 24.0 Å². The van der Waals surface area contributed by atoms with Crippen LogP contribution in [-0.4, -0.2) is 43.0 Å². The van der Waals surface area contributed by atoms with E-state index in [0.29, 0.717) is 48.7 Å². The third-order valence-electron chi connectivity index (χ3n) is 6.52. The number of amides is 1. The average Bonchev–Trinajstić information content (AvgIpc) is 3.17. The fraction of sp³-hybridized carbons (Fsp3) is 0.308. The van der Waals surface area contributed by atoms with Gasteiger partial charge in [-0.25, -0.2) is 14.8 Å². The Morgan fingerprint density at radius 1 is 1.03 bits per heavy atom. The molecule has 180 valence electrons. The van der Waals surface area contributed by atoms with Gasteiger partial charge in [-0.15, -0.1) is 0 Å². The van der Waals surface area contributed by atoms with Crippen LogP contribution in [0.5, 0.6) is 11.5 Å². The molecule has 1 aliphatic heterocycles. The SMILES string of the molecule is CCC(=O)N1CCC(Cn2c(=O)n(-c3ccc(Oc4ccccc4)cc3)c3c(N)ncnc32)CC1. The highest BCUT2D eigenvalue weighted by molar-refractivity contribution is 5.84. The second-order valence-corrected chi connectivity index (χ2v) is 8.75. The van der Waals surface area contributed by atoms with Crippen LogP contribution in [0, 0.1) is 5.92 Å². The molecule has 1 fully saturated rings. The third kappa shape index (κ3) is 4.49. The molecular formula is C26H28N6O3. The predicted octanol–water partition coefficient (Wildman–Crippen LogP) is 3.61. The molecule has 4 aromatic rings. The van der Waals surface area contributed by atoms with Gasteiger partial charge < -0.3 is 15.4 Å². The average molecular weight is 473 g/mol. The smallest absolute Gasteiger partial charge is 0.335 e. The predicted molar refractivity (Wildman–Crippen MR) is 134 cm³/mol. The lowest BCUT2D eigenvalue weighted by molar-refractivity contribution is -0.132. The van der Waals surface area contributed by atoms with Crippen molar-refractivity contribution in [3.8, 4) is 17.2 Å². The lowest BCUT2D eigenvalue weighted by Crippen LogP contribution is -2.39. The lowest BCUT2D eigenvalue weighted by atomic mass is 9.96.